The maximum Gasteiger partial charge on any atom is 0.407 e. The van der Waals surface area contributed by atoms with E-state index in [0.29, 0.717) is 0 Å². The van der Waals surface area contributed by atoms with Crippen LogP contribution in [0.1, 0.15) is 52.9 Å². The van der Waals surface area contributed by atoms with Crippen molar-refractivity contribution in [1.82, 2.24) is 10.4 Å². The number of hydrogen-bond donors (Lipinski definition) is 2. The molecule has 0 aliphatic carbocycles. The van der Waals surface area contributed by atoms with Gasteiger partial charge >= 0.3 is 6.09 Å². The molecule has 2 unspecified atom stereocenters. The van der Waals surface area contributed by atoms with Gasteiger partial charge in [-0.2, -0.15) is 5.06 Å². The molecular weight excluding hydrogens is 232 g/mol. The van der Waals surface area contributed by atoms with E-state index in [-0.39, 0.29) is 24.2 Å². The second kappa shape index (κ2) is 5.05. The summed E-state index contributed by atoms with van der Waals surface area (Å²) < 4.78 is 5.26. The van der Waals surface area contributed by atoms with Crippen LogP contribution >= 0.6 is 0 Å². The Morgan fingerprint density at radius 1 is 1.28 bits per heavy atom. The summed E-state index contributed by atoms with van der Waals surface area (Å²) in [5.41, 5.74) is -0.461. The average molecular weight is 256 g/mol. The number of nitrogens with zero attached hydrogens (tertiary/aromatic N) is 1. The molecule has 0 radical (unpaired) electrons. The average Bonchev–Trinajstić information content (AvgIpc) is 2.16. The molecule has 18 heavy (non-hydrogen) atoms. The van der Waals surface area contributed by atoms with E-state index in [2.05, 4.69) is 5.32 Å². The van der Waals surface area contributed by atoms with Crippen LogP contribution in [-0.2, 0) is 4.74 Å². The number of amides is 1. The highest BCUT2D eigenvalue weighted by atomic mass is 16.6. The van der Waals surface area contributed by atoms with Gasteiger partial charge in [0, 0.05) is 18.1 Å². The third kappa shape index (κ3) is 3.36. The highest BCUT2D eigenvalue weighted by Gasteiger charge is 2.38. The number of alkyl carbamates (subject to hydrolysis) is 1. The van der Waals surface area contributed by atoms with E-state index in [0.717, 1.165) is 25.7 Å². The molecule has 2 fully saturated rings. The van der Waals surface area contributed by atoms with E-state index >= 15 is 0 Å². The molecule has 1 amide bonds. The fourth-order valence-corrected chi connectivity index (χ4v) is 2.95. The van der Waals surface area contributed by atoms with Crippen LogP contribution in [0.5, 0.6) is 0 Å². The quantitative estimate of drug-likeness (QED) is 0.755. The molecule has 2 N–H and O–H groups in total. The monoisotopic (exact) mass is 256 g/mol. The SMILES string of the molecule is CC(C)(C)OC(=O)NC1CC2CCC[C@@H](C1)N2O. The molecule has 5 heteroatoms. The Hall–Kier alpha value is -0.810. The number of nitrogens with one attached hydrogen (secondary N) is 1. The van der Waals surface area contributed by atoms with E-state index in [4.69, 9.17) is 4.74 Å². The zero-order chi connectivity index (χ0) is 13.3. The van der Waals surface area contributed by atoms with Crippen LogP contribution in [0, 0.1) is 0 Å². The van der Waals surface area contributed by atoms with Gasteiger partial charge in [-0.15, -0.1) is 0 Å². The van der Waals surface area contributed by atoms with Crippen LogP contribution in [0.4, 0.5) is 4.79 Å². The predicted molar refractivity (Wildman–Crippen MR) is 67.4 cm³/mol. The topological polar surface area (TPSA) is 61.8 Å². The number of ether oxygens (including phenoxy) is 1. The first kappa shape index (κ1) is 13.6. The van der Waals surface area contributed by atoms with Crippen LogP contribution in [0.3, 0.4) is 0 Å². The van der Waals surface area contributed by atoms with Gasteiger partial charge in [0.1, 0.15) is 5.60 Å². The van der Waals surface area contributed by atoms with Crippen molar-refractivity contribution in [3.05, 3.63) is 0 Å². The van der Waals surface area contributed by atoms with Gasteiger partial charge in [0.05, 0.1) is 0 Å². The summed E-state index contributed by atoms with van der Waals surface area (Å²) in [5, 5.41) is 14.3. The number of carbonyl (C=O) groups excluding carboxylic acids is 1. The second-order valence-corrected chi connectivity index (χ2v) is 6.43. The van der Waals surface area contributed by atoms with Crippen LogP contribution in [-0.4, -0.2) is 40.1 Å². The molecule has 2 rings (SSSR count). The minimum absolute atomic E-state index is 0.124. The number of fused-ring (bicyclic) bond motifs is 2. The van der Waals surface area contributed by atoms with Crippen LogP contribution in [0.25, 0.3) is 0 Å². The minimum atomic E-state index is -0.461. The van der Waals surface area contributed by atoms with E-state index in [1.807, 2.05) is 20.8 Å². The minimum Gasteiger partial charge on any atom is -0.444 e. The highest BCUT2D eigenvalue weighted by molar-refractivity contribution is 5.68. The second-order valence-electron chi connectivity index (χ2n) is 6.43. The predicted octanol–water partition coefficient (Wildman–Crippen LogP) is 2.29. The molecule has 3 atom stereocenters. The van der Waals surface area contributed by atoms with E-state index in [9.17, 15) is 10.0 Å². The fourth-order valence-electron chi connectivity index (χ4n) is 2.95. The molecule has 0 spiro atoms. The zero-order valence-corrected chi connectivity index (χ0v) is 11.5. The Kier molecular flexibility index (Phi) is 3.82. The first-order valence-electron chi connectivity index (χ1n) is 6.82. The fraction of sp³-hybridized carbons (Fsp3) is 0.923. The Morgan fingerprint density at radius 2 is 1.83 bits per heavy atom. The van der Waals surface area contributed by atoms with Crippen molar-refractivity contribution in [3.63, 3.8) is 0 Å². The molecule has 2 aliphatic heterocycles. The maximum atomic E-state index is 11.7. The Balaban J connectivity index is 1.86. The highest BCUT2D eigenvalue weighted by Crippen LogP contribution is 2.32. The lowest BCUT2D eigenvalue weighted by Gasteiger charge is -2.45. The standard InChI is InChI=1S/C13H24N2O3/c1-13(2,3)18-12(16)14-9-7-10-5-4-6-11(8-9)15(10)17/h9-11,17H,4-8H2,1-3H3,(H,14,16)/t9?,10-,11?/m0/s1. The summed E-state index contributed by atoms with van der Waals surface area (Å²) in [6.45, 7) is 5.58. The van der Waals surface area contributed by atoms with Crippen molar-refractivity contribution < 1.29 is 14.7 Å². The molecule has 0 saturated carbocycles. The van der Waals surface area contributed by atoms with Crippen molar-refractivity contribution in [2.24, 2.45) is 0 Å². The van der Waals surface area contributed by atoms with Crippen LogP contribution < -0.4 is 5.32 Å². The van der Waals surface area contributed by atoms with E-state index < -0.39 is 5.60 Å². The molecule has 2 aliphatic rings. The van der Waals surface area contributed by atoms with Crippen LogP contribution in [0.15, 0.2) is 0 Å². The van der Waals surface area contributed by atoms with Gasteiger partial charge < -0.3 is 15.3 Å². The van der Waals surface area contributed by atoms with Crippen molar-refractivity contribution in [2.45, 2.75) is 76.6 Å². The van der Waals surface area contributed by atoms with Crippen molar-refractivity contribution in [1.29, 1.82) is 0 Å². The molecular formula is C13H24N2O3. The summed E-state index contributed by atoms with van der Waals surface area (Å²) in [4.78, 5) is 11.7. The van der Waals surface area contributed by atoms with Gasteiger partial charge in [0.25, 0.3) is 0 Å². The third-order valence-electron chi connectivity index (χ3n) is 3.66. The van der Waals surface area contributed by atoms with Gasteiger partial charge in [0.2, 0.25) is 0 Å². The lowest BCUT2D eigenvalue weighted by atomic mass is 9.83. The number of hydroxylamine groups is 2. The van der Waals surface area contributed by atoms with Gasteiger partial charge in [-0.25, -0.2) is 4.79 Å². The number of rotatable bonds is 1. The van der Waals surface area contributed by atoms with Crippen molar-refractivity contribution >= 4 is 6.09 Å². The summed E-state index contributed by atoms with van der Waals surface area (Å²) in [5.74, 6) is 0. The summed E-state index contributed by atoms with van der Waals surface area (Å²) in [7, 11) is 0. The van der Waals surface area contributed by atoms with Gasteiger partial charge in [0.15, 0.2) is 0 Å². The maximum absolute atomic E-state index is 11.7. The molecule has 0 aromatic rings. The number of piperidine rings is 2. The number of hydrogen-bond acceptors (Lipinski definition) is 4. The molecule has 104 valence electrons. The molecule has 0 aromatic heterocycles. The Bertz CT molecular complexity index is 300. The van der Waals surface area contributed by atoms with E-state index in [1.165, 1.54) is 11.5 Å². The van der Waals surface area contributed by atoms with Crippen molar-refractivity contribution in [2.75, 3.05) is 0 Å². The third-order valence-corrected chi connectivity index (χ3v) is 3.66. The summed E-state index contributed by atoms with van der Waals surface area (Å²) >= 11 is 0. The summed E-state index contributed by atoms with van der Waals surface area (Å²) in [6.07, 6.45) is 4.47. The Morgan fingerprint density at radius 3 is 2.33 bits per heavy atom. The summed E-state index contributed by atoms with van der Waals surface area (Å²) in [6, 6.07) is 0.508. The van der Waals surface area contributed by atoms with Gasteiger partial charge in [-0.3, -0.25) is 0 Å². The largest absolute Gasteiger partial charge is 0.444 e. The van der Waals surface area contributed by atoms with Gasteiger partial charge in [-0.05, 0) is 46.5 Å². The smallest absolute Gasteiger partial charge is 0.407 e. The lowest BCUT2D eigenvalue weighted by molar-refractivity contribution is -0.198. The molecule has 0 aromatic carbocycles. The number of carbonyl (C=O) groups is 1. The van der Waals surface area contributed by atoms with Crippen LogP contribution in [0.2, 0.25) is 0 Å². The molecule has 5 nitrogen and oxygen atoms in total. The molecule has 2 heterocycles. The van der Waals surface area contributed by atoms with Gasteiger partial charge in [-0.1, -0.05) is 6.42 Å². The molecule has 2 saturated heterocycles. The molecule has 2 bridgehead atoms. The zero-order valence-electron chi connectivity index (χ0n) is 11.5. The normalized spacial score (nSPS) is 33.0. The lowest BCUT2D eigenvalue weighted by Crippen LogP contribution is -2.55. The van der Waals surface area contributed by atoms with E-state index in [1.54, 1.807) is 0 Å². The Labute approximate surface area is 108 Å². The first-order valence-corrected chi connectivity index (χ1v) is 6.82. The van der Waals surface area contributed by atoms with Crippen molar-refractivity contribution in [3.8, 4) is 0 Å². The first-order chi connectivity index (χ1) is 8.35.